The van der Waals surface area contributed by atoms with Crippen LogP contribution in [0.4, 0.5) is 0 Å². The molecule has 1 heterocycles. The molecule has 0 radical (unpaired) electrons. The van der Waals surface area contributed by atoms with Gasteiger partial charge in [-0.25, -0.2) is 0 Å². The summed E-state index contributed by atoms with van der Waals surface area (Å²) < 4.78 is 5.19. The lowest BCUT2D eigenvalue weighted by Gasteiger charge is -2.46. The molecule has 0 N–H and O–H groups in total. The van der Waals surface area contributed by atoms with Gasteiger partial charge in [0.25, 0.3) is 0 Å². The smallest absolute Gasteiger partial charge is 0.313 e. The van der Waals surface area contributed by atoms with Crippen molar-refractivity contribution in [2.24, 2.45) is 5.92 Å². The van der Waals surface area contributed by atoms with E-state index < -0.39 is 0 Å². The van der Waals surface area contributed by atoms with Crippen LogP contribution in [0.5, 0.6) is 0 Å². The Bertz CT molecular complexity index is 159. The number of esters is 1. The Balaban J connectivity index is 2.65. The van der Waals surface area contributed by atoms with Crippen molar-refractivity contribution < 1.29 is 9.53 Å². The molecule has 1 atom stereocenters. The summed E-state index contributed by atoms with van der Waals surface area (Å²) in [5.74, 6) is 0.161. The molecule has 64 valence electrons. The van der Waals surface area contributed by atoms with Gasteiger partial charge in [0, 0.05) is 0 Å². The van der Waals surface area contributed by atoms with Gasteiger partial charge in [-0.05, 0) is 19.3 Å². The Labute approximate surface area is 67.9 Å². The number of carbonyl (C=O) groups excluding carboxylic acids is 1. The third kappa shape index (κ3) is 1.05. The van der Waals surface area contributed by atoms with Crippen molar-refractivity contribution in [2.45, 2.75) is 45.6 Å². The van der Waals surface area contributed by atoms with E-state index in [0.29, 0.717) is 0 Å². The molecular formula is C9H16O2. The van der Waals surface area contributed by atoms with E-state index in [4.69, 9.17) is 4.74 Å². The average Bonchev–Trinajstić information content (AvgIpc) is 2.00. The number of ether oxygens (including phenoxy) is 1. The summed E-state index contributed by atoms with van der Waals surface area (Å²) in [4.78, 5) is 11.0. The summed E-state index contributed by atoms with van der Waals surface area (Å²) in [6, 6.07) is 0. The minimum absolute atomic E-state index is 0.00352. The first-order valence-corrected chi connectivity index (χ1v) is 4.43. The third-order valence-electron chi connectivity index (χ3n) is 2.83. The fourth-order valence-corrected chi connectivity index (χ4v) is 1.93. The lowest BCUT2D eigenvalue weighted by molar-refractivity contribution is -0.215. The third-order valence-corrected chi connectivity index (χ3v) is 2.83. The van der Waals surface area contributed by atoms with Crippen LogP contribution in [0.1, 0.15) is 40.0 Å². The molecule has 0 bridgehead atoms. The maximum atomic E-state index is 11.0. The molecule has 1 rings (SSSR count). The van der Waals surface area contributed by atoms with Crippen LogP contribution in [-0.4, -0.2) is 11.6 Å². The van der Waals surface area contributed by atoms with Gasteiger partial charge in [0.15, 0.2) is 0 Å². The molecule has 0 spiro atoms. The van der Waals surface area contributed by atoms with Crippen molar-refractivity contribution in [3.63, 3.8) is 0 Å². The van der Waals surface area contributed by atoms with Gasteiger partial charge in [0.05, 0.1) is 5.92 Å². The van der Waals surface area contributed by atoms with Gasteiger partial charge in [0.1, 0.15) is 5.60 Å². The van der Waals surface area contributed by atoms with Crippen molar-refractivity contribution in [2.75, 3.05) is 0 Å². The van der Waals surface area contributed by atoms with E-state index in [9.17, 15) is 4.79 Å². The molecule has 11 heavy (non-hydrogen) atoms. The highest BCUT2D eigenvalue weighted by Crippen LogP contribution is 2.41. The topological polar surface area (TPSA) is 26.3 Å². The standard InChI is InChI=1S/C9H16O2/c1-4-7-8(10)11-9(7,5-2)6-3/h7H,4-6H2,1-3H3. The zero-order valence-electron chi connectivity index (χ0n) is 7.52. The van der Waals surface area contributed by atoms with Gasteiger partial charge in [-0.3, -0.25) is 4.79 Å². The highest BCUT2D eigenvalue weighted by Gasteiger charge is 2.52. The second-order valence-electron chi connectivity index (χ2n) is 3.15. The molecule has 0 aromatic carbocycles. The number of hydrogen-bond donors (Lipinski definition) is 0. The molecule has 0 aliphatic carbocycles. The number of rotatable bonds is 3. The minimum atomic E-state index is -0.105. The summed E-state index contributed by atoms with van der Waals surface area (Å²) in [5.41, 5.74) is -0.105. The van der Waals surface area contributed by atoms with Crippen LogP contribution >= 0.6 is 0 Å². The SMILES string of the molecule is CCC1C(=O)OC1(CC)CC. The normalized spacial score (nSPS) is 27.5. The number of cyclic esters (lactones) is 1. The first kappa shape index (κ1) is 8.57. The predicted molar refractivity (Wildman–Crippen MR) is 43.2 cm³/mol. The summed E-state index contributed by atoms with van der Waals surface area (Å²) in [6.45, 7) is 6.21. The van der Waals surface area contributed by atoms with Gasteiger partial charge in [-0.15, -0.1) is 0 Å². The second kappa shape index (κ2) is 2.84. The summed E-state index contributed by atoms with van der Waals surface area (Å²) in [5, 5.41) is 0. The van der Waals surface area contributed by atoms with Crippen molar-refractivity contribution in [1.82, 2.24) is 0 Å². The number of carbonyl (C=O) groups is 1. The predicted octanol–water partition coefficient (Wildman–Crippen LogP) is 2.13. The van der Waals surface area contributed by atoms with E-state index in [1.54, 1.807) is 0 Å². The fraction of sp³-hybridized carbons (Fsp3) is 0.889. The van der Waals surface area contributed by atoms with Gasteiger partial charge >= 0.3 is 5.97 Å². The monoisotopic (exact) mass is 156 g/mol. The molecule has 1 aliphatic rings. The van der Waals surface area contributed by atoms with E-state index in [1.807, 2.05) is 6.92 Å². The van der Waals surface area contributed by atoms with Crippen LogP contribution in [-0.2, 0) is 9.53 Å². The van der Waals surface area contributed by atoms with Crippen molar-refractivity contribution in [3.8, 4) is 0 Å². The van der Waals surface area contributed by atoms with E-state index >= 15 is 0 Å². The van der Waals surface area contributed by atoms with Crippen LogP contribution < -0.4 is 0 Å². The van der Waals surface area contributed by atoms with Gasteiger partial charge < -0.3 is 4.74 Å². The van der Waals surface area contributed by atoms with Crippen LogP contribution in [0, 0.1) is 5.92 Å². The Morgan fingerprint density at radius 3 is 2.09 bits per heavy atom. The Morgan fingerprint density at radius 1 is 1.36 bits per heavy atom. The average molecular weight is 156 g/mol. The molecule has 1 unspecified atom stereocenters. The Hall–Kier alpha value is -0.530. The van der Waals surface area contributed by atoms with Crippen LogP contribution in [0.25, 0.3) is 0 Å². The van der Waals surface area contributed by atoms with Gasteiger partial charge in [0.2, 0.25) is 0 Å². The molecule has 0 saturated carbocycles. The summed E-state index contributed by atoms with van der Waals surface area (Å²) >= 11 is 0. The minimum Gasteiger partial charge on any atom is -0.458 e. The van der Waals surface area contributed by atoms with Crippen LogP contribution in [0.2, 0.25) is 0 Å². The highest BCUT2D eigenvalue weighted by molar-refractivity contribution is 5.80. The molecule has 1 fully saturated rings. The lowest BCUT2D eigenvalue weighted by atomic mass is 9.76. The van der Waals surface area contributed by atoms with Crippen molar-refractivity contribution >= 4 is 5.97 Å². The maximum Gasteiger partial charge on any atom is 0.313 e. The van der Waals surface area contributed by atoms with E-state index in [-0.39, 0.29) is 17.5 Å². The van der Waals surface area contributed by atoms with Crippen molar-refractivity contribution in [1.29, 1.82) is 0 Å². The van der Waals surface area contributed by atoms with E-state index in [1.165, 1.54) is 0 Å². The van der Waals surface area contributed by atoms with Crippen LogP contribution in [0.15, 0.2) is 0 Å². The molecule has 1 aliphatic heterocycles. The zero-order valence-corrected chi connectivity index (χ0v) is 7.52. The largest absolute Gasteiger partial charge is 0.458 e. The zero-order chi connectivity index (χ0) is 8.48. The Kier molecular flexibility index (Phi) is 2.21. The maximum absolute atomic E-state index is 11.0. The first-order chi connectivity index (χ1) is 5.20. The van der Waals surface area contributed by atoms with E-state index in [0.717, 1.165) is 19.3 Å². The van der Waals surface area contributed by atoms with Crippen LogP contribution in [0.3, 0.4) is 0 Å². The summed E-state index contributed by atoms with van der Waals surface area (Å²) in [7, 11) is 0. The van der Waals surface area contributed by atoms with Gasteiger partial charge in [-0.2, -0.15) is 0 Å². The quantitative estimate of drug-likeness (QED) is 0.585. The Morgan fingerprint density at radius 2 is 1.91 bits per heavy atom. The fourth-order valence-electron chi connectivity index (χ4n) is 1.93. The second-order valence-corrected chi connectivity index (χ2v) is 3.15. The lowest BCUT2D eigenvalue weighted by Crippen LogP contribution is -2.56. The molecule has 2 nitrogen and oxygen atoms in total. The number of hydrogen-bond acceptors (Lipinski definition) is 2. The molecule has 2 heteroatoms. The van der Waals surface area contributed by atoms with Crippen molar-refractivity contribution in [3.05, 3.63) is 0 Å². The molecular weight excluding hydrogens is 140 g/mol. The first-order valence-electron chi connectivity index (χ1n) is 4.43. The molecule has 1 saturated heterocycles. The summed E-state index contributed by atoms with van der Waals surface area (Å²) in [6.07, 6.45) is 2.82. The molecule has 0 aromatic heterocycles. The highest BCUT2D eigenvalue weighted by atomic mass is 16.6. The van der Waals surface area contributed by atoms with Gasteiger partial charge in [-0.1, -0.05) is 20.8 Å². The molecule has 0 amide bonds. The molecule has 0 aromatic rings. The van der Waals surface area contributed by atoms with E-state index in [2.05, 4.69) is 13.8 Å².